The van der Waals surface area contributed by atoms with Gasteiger partial charge < -0.3 is 15.0 Å². The van der Waals surface area contributed by atoms with E-state index in [9.17, 15) is 0 Å². The Bertz CT molecular complexity index is 925. The highest BCUT2D eigenvalue weighted by atomic mass is 32.1. The zero-order chi connectivity index (χ0) is 20.4. The van der Waals surface area contributed by atoms with E-state index in [1.54, 1.807) is 0 Å². The number of hydrogen-bond donors (Lipinski definition) is 1. The van der Waals surface area contributed by atoms with E-state index in [1.807, 2.05) is 0 Å². The first-order valence-corrected chi connectivity index (χ1v) is 11.7. The second-order valence-corrected chi connectivity index (χ2v) is 9.28. The summed E-state index contributed by atoms with van der Waals surface area (Å²) in [6, 6.07) is 17.6. The Morgan fingerprint density at radius 3 is 2.50 bits per heavy atom. The van der Waals surface area contributed by atoms with Gasteiger partial charge in [0.2, 0.25) is 0 Å². The molecule has 0 atom stereocenters. The Kier molecular flexibility index (Phi) is 5.51. The smallest absolute Gasteiger partial charge is 0.169 e. The van der Waals surface area contributed by atoms with Crippen LogP contribution in [0.25, 0.3) is 17.2 Å². The minimum absolute atomic E-state index is 0.196. The van der Waals surface area contributed by atoms with Crippen molar-refractivity contribution < 1.29 is 4.74 Å². The molecule has 1 saturated carbocycles. The SMILES string of the molecule is S=C(NC1CCCCC1)N1CCC2(C=Cc3cc(-c4ccccc4)ccc3O2)CC1. The highest BCUT2D eigenvalue weighted by Crippen LogP contribution is 2.38. The Balaban J connectivity index is 1.22. The van der Waals surface area contributed by atoms with Crippen molar-refractivity contribution in [1.29, 1.82) is 0 Å². The van der Waals surface area contributed by atoms with E-state index in [-0.39, 0.29) is 5.60 Å². The first-order valence-electron chi connectivity index (χ1n) is 11.3. The summed E-state index contributed by atoms with van der Waals surface area (Å²) in [5.74, 6) is 0.994. The summed E-state index contributed by atoms with van der Waals surface area (Å²) in [5.41, 5.74) is 3.44. The van der Waals surface area contributed by atoms with Crippen LogP contribution in [0.4, 0.5) is 0 Å². The number of piperidine rings is 1. The van der Waals surface area contributed by atoms with Crippen LogP contribution >= 0.6 is 12.2 Å². The number of nitrogens with one attached hydrogen (secondary N) is 1. The molecule has 3 nitrogen and oxygen atoms in total. The molecule has 1 aliphatic carbocycles. The summed E-state index contributed by atoms with van der Waals surface area (Å²) in [6.07, 6.45) is 13.0. The molecular formula is C26H30N2OS. The van der Waals surface area contributed by atoms with Crippen molar-refractivity contribution in [3.05, 3.63) is 60.2 Å². The topological polar surface area (TPSA) is 24.5 Å². The maximum Gasteiger partial charge on any atom is 0.169 e. The molecule has 2 aromatic carbocycles. The van der Waals surface area contributed by atoms with Gasteiger partial charge in [-0.3, -0.25) is 0 Å². The zero-order valence-corrected chi connectivity index (χ0v) is 18.3. The predicted octanol–water partition coefficient (Wildman–Crippen LogP) is 5.80. The van der Waals surface area contributed by atoms with Crippen molar-refractivity contribution in [2.75, 3.05) is 13.1 Å². The fraction of sp³-hybridized carbons (Fsp3) is 0.423. The first kappa shape index (κ1) is 19.6. The minimum Gasteiger partial charge on any atom is -0.482 e. The van der Waals surface area contributed by atoms with Gasteiger partial charge in [0.1, 0.15) is 11.4 Å². The van der Waals surface area contributed by atoms with Crippen molar-refractivity contribution in [3.63, 3.8) is 0 Å². The molecule has 1 spiro atoms. The largest absolute Gasteiger partial charge is 0.482 e. The van der Waals surface area contributed by atoms with E-state index in [2.05, 4.69) is 70.9 Å². The van der Waals surface area contributed by atoms with Gasteiger partial charge in [0, 0.05) is 37.5 Å². The van der Waals surface area contributed by atoms with Gasteiger partial charge in [-0.2, -0.15) is 0 Å². The fourth-order valence-electron chi connectivity index (χ4n) is 4.95. The van der Waals surface area contributed by atoms with Gasteiger partial charge in [-0.25, -0.2) is 0 Å². The molecule has 3 aliphatic rings. The average molecular weight is 419 g/mol. The lowest BCUT2D eigenvalue weighted by Gasteiger charge is -2.43. The molecule has 4 heteroatoms. The van der Waals surface area contributed by atoms with Crippen molar-refractivity contribution in [1.82, 2.24) is 10.2 Å². The summed E-state index contributed by atoms with van der Waals surface area (Å²) in [4.78, 5) is 2.33. The van der Waals surface area contributed by atoms with Gasteiger partial charge in [0.15, 0.2) is 5.11 Å². The summed E-state index contributed by atoms with van der Waals surface area (Å²) in [7, 11) is 0. The molecule has 30 heavy (non-hydrogen) atoms. The van der Waals surface area contributed by atoms with Gasteiger partial charge >= 0.3 is 0 Å². The molecule has 2 fully saturated rings. The third-order valence-electron chi connectivity index (χ3n) is 6.83. The fourth-order valence-corrected chi connectivity index (χ4v) is 5.30. The second-order valence-electron chi connectivity index (χ2n) is 8.89. The highest BCUT2D eigenvalue weighted by molar-refractivity contribution is 7.80. The average Bonchev–Trinajstić information content (AvgIpc) is 2.80. The molecule has 0 aromatic heterocycles. The number of ether oxygens (including phenoxy) is 1. The quantitative estimate of drug-likeness (QED) is 0.623. The molecule has 156 valence electrons. The van der Waals surface area contributed by atoms with Crippen LogP contribution in [0.15, 0.2) is 54.6 Å². The molecular weight excluding hydrogens is 388 g/mol. The van der Waals surface area contributed by atoms with Crippen molar-refractivity contribution in [2.45, 2.75) is 56.6 Å². The number of rotatable bonds is 2. The van der Waals surface area contributed by atoms with Gasteiger partial charge in [-0.15, -0.1) is 0 Å². The Morgan fingerprint density at radius 2 is 1.73 bits per heavy atom. The minimum atomic E-state index is -0.196. The highest BCUT2D eigenvalue weighted by Gasteiger charge is 2.37. The number of fused-ring (bicyclic) bond motifs is 1. The molecule has 0 bridgehead atoms. The Hall–Kier alpha value is -2.33. The van der Waals surface area contributed by atoms with Crippen LogP contribution in [-0.2, 0) is 0 Å². The molecule has 1 saturated heterocycles. The molecule has 2 heterocycles. The van der Waals surface area contributed by atoms with E-state index >= 15 is 0 Å². The monoisotopic (exact) mass is 418 g/mol. The molecule has 0 radical (unpaired) electrons. The van der Waals surface area contributed by atoms with Crippen LogP contribution in [0.3, 0.4) is 0 Å². The summed E-state index contributed by atoms with van der Waals surface area (Å²) >= 11 is 5.72. The number of nitrogens with zero attached hydrogens (tertiary/aromatic N) is 1. The van der Waals surface area contributed by atoms with Crippen LogP contribution in [-0.4, -0.2) is 34.7 Å². The zero-order valence-electron chi connectivity index (χ0n) is 17.5. The van der Waals surface area contributed by atoms with Crippen LogP contribution in [0.2, 0.25) is 0 Å². The number of hydrogen-bond acceptors (Lipinski definition) is 2. The number of benzene rings is 2. The molecule has 0 amide bonds. The standard InChI is InChI=1S/C26H30N2OS/c30-25(27-23-9-5-2-6-10-23)28-17-15-26(16-18-28)14-13-22-19-21(11-12-24(22)29-26)20-7-3-1-4-8-20/h1,3-4,7-8,11-14,19,23H,2,5-6,9-10,15-18H2,(H,27,30). The number of thiocarbonyl (C=S) groups is 1. The van der Waals surface area contributed by atoms with E-state index in [0.717, 1.165) is 36.8 Å². The van der Waals surface area contributed by atoms with E-state index < -0.39 is 0 Å². The van der Waals surface area contributed by atoms with Crippen LogP contribution < -0.4 is 10.1 Å². The lowest BCUT2D eigenvalue weighted by atomic mass is 9.87. The lowest BCUT2D eigenvalue weighted by molar-refractivity contribution is 0.0583. The van der Waals surface area contributed by atoms with E-state index in [0.29, 0.717) is 6.04 Å². The summed E-state index contributed by atoms with van der Waals surface area (Å²) in [5, 5.41) is 4.55. The normalized spacial score (nSPS) is 20.5. The van der Waals surface area contributed by atoms with E-state index in [4.69, 9.17) is 17.0 Å². The first-order chi connectivity index (χ1) is 14.7. The van der Waals surface area contributed by atoms with Crippen LogP contribution in [0.1, 0.15) is 50.5 Å². The molecule has 2 aliphatic heterocycles. The van der Waals surface area contributed by atoms with Crippen molar-refractivity contribution in [3.8, 4) is 16.9 Å². The van der Waals surface area contributed by atoms with E-state index in [1.165, 1.54) is 48.8 Å². The number of likely N-dealkylation sites (tertiary alicyclic amines) is 1. The predicted molar refractivity (Wildman–Crippen MR) is 128 cm³/mol. The third kappa shape index (κ3) is 4.11. The van der Waals surface area contributed by atoms with Crippen LogP contribution in [0.5, 0.6) is 5.75 Å². The van der Waals surface area contributed by atoms with Gasteiger partial charge in [-0.05, 0) is 54.4 Å². The van der Waals surface area contributed by atoms with Crippen LogP contribution in [0, 0.1) is 0 Å². The Labute approximate surface area is 185 Å². The lowest BCUT2D eigenvalue weighted by Crippen LogP contribution is -2.53. The molecule has 2 aromatic rings. The molecule has 1 N–H and O–H groups in total. The second kappa shape index (κ2) is 8.43. The maximum absolute atomic E-state index is 6.55. The molecule has 5 rings (SSSR count). The van der Waals surface area contributed by atoms with Crippen molar-refractivity contribution >= 4 is 23.4 Å². The van der Waals surface area contributed by atoms with Crippen molar-refractivity contribution in [2.24, 2.45) is 0 Å². The maximum atomic E-state index is 6.55. The van der Waals surface area contributed by atoms with Gasteiger partial charge in [0.25, 0.3) is 0 Å². The summed E-state index contributed by atoms with van der Waals surface area (Å²) in [6.45, 7) is 1.89. The third-order valence-corrected chi connectivity index (χ3v) is 7.20. The molecule has 0 unspecified atom stereocenters. The van der Waals surface area contributed by atoms with Gasteiger partial charge in [-0.1, -0.05) is 61.7 Å². The van der Waals surface area contributed by atoms with Gasteiger partial charge in [0.05, 0.1) is 0 Å². The Morgan fingerprint density at radius 1 is 0.967 bits per heavy atom. The summed E-state index contributed by atoms with van der Waals surface area (Å²) < 4.78 is 6.55.